The van der Waals surface area contributed by atoms with E-state index in [1.54, 1.807) is 18.2 Å². The van der Waals surface area contributed by atoms with E-state index in [2.05, 4.69) is 6.58 Å². The number of aliphatic hydroxyl groups excluding tert-OH is 1. The van der Waals surface area contributed by atoms with Crippen molar-refractivity contribution in [3.63, 3.8) is 0 Å². The second kappa shape index (κ2) is 10.5. The van der Waals surface area contributed by atoms with Crippen LogP contribution in [0.2, 0.25) is 0 Å². The van der Waals surface area contributed by atoms with E-state index in [1.807, 2.05) is 19.9 Å². The Labute approximate surface area is 177 Å². The molecule has 2 rings (SSSR count). The Morgan fingerprint density at radius 3 is 2.37 bits per heavy atom. The van der Waals surface area contributed by atoms with Gasteiger partial charge in [-0.2, -0.15) is 0 Å². The van der Waals surface area contributed by atoms with Gasteiger partial charge >= 0.3 is 0 Å². The molecule has 0 bridgehead atoms. The molecule has 4 N–H and O–H groups in total. The quantitative estimate of drug-likeness (QED) is 0.269. The number of phenolic OH excluding ortho intramolecular Hbond substituents is 3. The molecular weight excluding hydrogens is 380 g/mol. The Morgan fingerprint density at radius 2 is 1.73 bits per heavy atom. The van der Waals surface area contributed by atoms with Gasteiger partial charge in [0, 0.05) is 12.0 Å². The molecule has 0 fully saturated rings. The molecular formula is C25H28O5. The van der Waals surface area contributed by atoms with Crippen LogP contribution >= 0.6 is 0 Å². The normalized spacial score (nSPS) is 12.0. The molecule has 5 heteroatoms. The maximum atomic E-state index is 12.5. The summed E-state index contributed by atoms with van der Waals surface area (Å²) in [5.74, 6) is -0.867. The van der Waals surface area contributed by atoms with Gasteiger partial charge in [0.05, 0.1) is 11.7 Å². The molecule has 0 radical (unpaired) electrons. The summed E-state index contributed by atoms with van der Waals surface area (Å²) in [4.78, 5) is 12.5. The van der Waals surface area contributed by atoms with E-state index >= 15 is 0 Å². The van der Waals surface area contributed by atoms with Gasteiger partial charge in [-0.25, -0.2) is 0 Å². The molecule has 158 valence electrons. The van der Waals surface area contributed by atoms with Gasteiger partial charge in [-0.1, -0.05) is 36.4 Å². The van der Waals surface area contributed by atoms with Crippen molar-refractivity contribution in [2.24, 2.45) is 0 Å². The number of rotatable bonds is 9. The van der Waals surface area contributed by atoms with Crippen molar-refractivity contribution < 1.29 is 25.2 Å². The van der Waals surface area contributed by atoms with E-state index in [1.165, 1.54) is 35.9 Å². The number of phenols is 3. The van der Waals surface area contributed by atoms with Gasteiger partial charge in [-0.05, 0) is 68.2 Å². The number of carbonyl (C=O) groups is 1. The SMILES string of the molecule is C=C(CCC=C(C)C)C(O)Cc1c(O)ccc(C(=O)/C=C/c2ccc(O)cc2)c1O. The number of hydrogen-bond donors (Lipinski definition) is 4. The van der Waals surface area contributed by atoms with Crippen LogP contribution in [0, 0.1) is 0 Å². The zero-order valence-corrected chi connectivity index (χ0v) is 17.3. The van der Waals surface area contributed by atoms with Crippen molar-refractivity contribution in [1.82, 2.24) is 0 Å². The fourth-order valence-corrected chi connectivity index (χ4v) is 2.92. The highest BCUT2D eigenvalue weighted by Crippen LogP contribution is 2.33. The number of benzene rings is 2. The Morgan fingerprint density at radius 1 is 1.07 bits per heavy atom. The smallest absolute Gasteiger partial charge is 0.189 e. The lowest BCUT2D eigenvalue weighted by Crippen LogP contribution is -2.14. The van der Waals surface area contributed by atoms with Crippen LogP contribution in [0.3, 0.4) is 0 Å². The molecule has 0 heterocycles. The zero-order valence-electron chi connectivity index (χ0n) is 17.3. The van der Waals surface area contributed by atoms with Crippen LogP contribution in [0.5, 0.6) is 17.2 Å². The second-order valence-corrected chi connectivity index (χ2v) is 7.45. The van der Waals surface area contributed by atoms with Crippen molar-refractivity contribution in [1.29, 1.82) is 0 Å². The van der Waals surface area contributed by atoms with Crippen LogP contribution in [-0.4, -0.2) is 32.3 Å². The first-order valence-corrected chi connectivity index (χ1v) is 9.73. The standard InChI is InChI=1S/C25H28O5/c1-16(2)5-4-6-17(3)24(29)15-21-23(28)14-12-20(25(21)30)22(27)13-9-18-7-10-19(26)11-8-18/h5,7-14,24,26,28-30H,3-4,6,15H2,1-2H3/b13-9+. The first-order valence-electron chi connectivity index (χ1n) is 9.73. The minimum Gasteiger partial charge on any atom is -0.508 e. The Hall–Kier alpha value is -3.31. The predicted molar refractivity (Wildman–Crippen MR) is 119 cm³/mol. The van der Waals surface area contributed by atoms with Crippen molar-refractivity contribution in [2.45, 2.75) is 39.2 Å². The molecule has 1 atom stereocenters. The Kier molecular flexibility index (Phi) is 8.01. The number of ketones is 1. The summed E-state index contributed by atoms with van der Waals surface area (Å²) in [5, 5.41) is 40.4. The van der Waals surface area contributed by atoms with Crippen LogP contribution in [0.25, 0.3) is 6.08 Å². The van der Waals surface area contributed by atoms with Crippen molar-refractivity contribution >= 4 is 11.9 Å². The van der Waals surface area contributed by atoms with E-state index < -0.39 is 11.9 Å². The van der Waals surface area contributed by atoms with Gasteiger partial charge in [0.2, 0.25) is 0 Å². The lowest BCUT2D eigenvalue weighted by atomic mass is 9.95. The maximum absolute atomic E-state index is 12.5. The summed E-state index contributed by atoms with van der Waals surface area (Å²) in [6.07, 6.45) is 5.24. The van der Waals surface area contributed by atoms with Crippen LogP contribution in [0.15, 0.2) is 66.3 Å². The summed E-state index contributed by atoms with van der Waals surface area (Å²) >= 11 is 0. The van der Waals surface area contributed by atoms with Gasteiger partial charge < -0.3 is 20.4 Å². The minimum absolute atomic E-state index is 0.0279. The van der Waals surface area contributed by atoms with Crippen LogP contribution < -0.4 is 0 Å². The molecule has 0 spiro atoms. The molecule has 2 aromatic rings. The molecule has 0 saturated heterocycles. The van der Waals surface area contributed by atoms with Crippen LogP contribution in [-0.2, 0) is 6.42 Å². The summed E-state index contributed by atoms with van der Waals surface area (Å²) < 4.78 is 0. The molecule has 0 saturated carbocycles. The molecule has 0 aliphatic heterocycles. The maximum Gasteiger partial charge on any atom is 0.189 e. The van der Waals surface area contributed by atoms with Gasteiger partial charge in [0.15, 0.2) is 5.78 Å². The van der Waals surface area contributed by atoms with Gasteiger partial charge in [0.1, 0.15) is 17.2 Å². The van der Waals surface area contributed by atoms with Crippen molar-refractivity contribution in [3.05, 3.63) is 83.0 Å². The minimum atomic E-state index is -0.953. The number of carbonyl (C=O) groups excluding carboxylic acids is 1. The van der Waals surface area contributed by atoms with Crippen LogP contribution in [0.4, 0.5) is 0 Å². The van der Waals surface area contributed by atoms with E-state index in [0.29, 0.717) is 17.6 Å². The van der Waals surface area contributed by atoms with E-state index in [-0.39, 0.29) is 34.8 Å². The highest BCUT2D eigenvalue weighted by Gasteiger charge is 2.20. The Bertz CT molecular complexity index is 964. The lowest BCUT2D eigenvalue weighted by molar-refractivity contribution is 0.104. The van der Waals surface area contributed by atoms with E-state index in [9.17, 15) is 25.2 Å². The first kappa shape index (κ1) is 23.0. The molecule has 5 nitrogen and oxygen atoms in total. The number of hydrogen-bond acceptors (Lipinski definition) is 5. The topological polar surface area (TPSA) is 98.0 Å². The molecule has 0 aliphatic carbocycles. The fourth-order valence-electron chi connectivity index (χ4n) is 2.92. The average Bonchev–Trinajstić information content (AvgIpc) is 2.70. The molecule has 0 amide bonds. The van der Waals surface area contributed by atoms with Gasteiger partial charge in [0.25, 0.3) is 0 Å². The molecule has 1 unspecified atom stereocenters. The van der Waals surface area contributed by atoms with Crippen LogP contribution in [0.1, 0.15) is 48.2 Å². The largest absolute Gasteiger partial charge is 0.508 e. The van der Waals surface area contributed by atoms with Crippen molar-refractivity contribution in [2.75, 3.05) is 0 Å². The van der Waals surface area contributed by atoms with E-state index in [4.69, 9.17) is 0 Å². The fraction of sp³-hybridized carbons (Fsp3) is 0.240. The molecule has 0 aliphatic rings. The highest BCUT2D eigenvalue weighted by atomic mass is 16.3. The number of aliphatic hydroxyl groups is 1. The molecule has 0 aromatic heterocycles. The monoisotopic (exact) mass is 408 g/mol. The van der Waals surface area contributed by atoms with Crippen molar-refractivity contribution in [3.8, 4) is 17.2 Å². The third kappa shape index (κ3) is 6.36. The second-order valence-electron chi connectivity index (χ2n) is 7.45. The van der Waals surface area contributed by atoms with Gasteiger partial charge in [-0.15, -0.1) is 0 Å². The summed E-state index contributed by atoms with van der Waals surface area (Å²) in [7, 11) is 0. The molecule has 30 heavy (non-hydrogen) atoms. The number of allylic oxidation sites excluding steroid dienone is 3. The third-order valence-electron chi connectivity index (χ3n) is 4.73. The number of aromatic hydroxyl groups is 3. The average molecular weight is 408 g/mol. The summed E-state index contributed by atoms with van der Waals surface area (Å²) in [6, 6.07) is 8.98. The first-order chi connectivity index (χ1) is 14.2. The molecule has 2 aromatic carbocycles. The predicted octanol–water partition coefficient (Wildman–Crippen LogP) is 4.91. The Balaban J connectivity index is 2.15. The zero-order chi connectivity index (χ0) is 22.3. The van der Waals surface area contributed by atoms with E-state index in [0.717, 1.165) is 6.42 Å². The van der Waals surface area contributed by atoms with Gasteiger partial charge in [-0.3, -0.25) is 4.79 Å². The third-order valence-corrected chi connectivity index (χ3v) is 4.73. The lowest BCUT2D eigenvalue weighted by Gasteiger charge is -2.16. The highest BCUT2D eigenvalue weighted by molar-refractivity contribution is 6.09. The summed E-state index contributed by atoms with van der Waals surface area (Å²) in [6.45, 7) is 7.88. The summed E-state index contributed by atoms with van der Waals surface area (Å²) in [5.41, 5.74) is 2.62.